The zero-order valence-electron chi connectivity index (χ0n) is 10.9. The molecule has 3 aromatic heterocycles. The van der Waals surface area contributed by atoms with E-state index in [1.165, 1.54) is 28.7 Å². The average molecular weight is 304 g/mol. The summed E-state index contributed by atoms with van der Waals surface area (Å²) in [6, 6.07) is 0. The molecule has 0 saturated carbocycles. The molecule has 5 nitrogen and oxygen atoms in total. The van der Waals surface area contributed by atoms with Gasteiger partial charge in [-0.25, -0.2) is 9.97 Å². The topological polar surface area (TPSA) is 64.7 Å². The van der Waals surface area contributed by atoms with Gasteiger partial charge in [-0.1, -0.05) is 11.8 Å². The highest BCUT2D eigenvalue weighted by molar-refractivity contribution is 7.98. The summed E-state index contributed by atoms with van der Waals surface area (Å²) in [5, 5.41) is 10.1. The molecule has 0 fully saturated rings. The molecule has 0 unspecified atom stereocenters. The van der Waals surface area contributed by atoms with Crippen LogP contribution in [0.1, 0.15) is 28.6 Å². The van der Waals surface area contributed by atoms with E-state index < -0.39 is 0 Å². The monoisotopic (exact) mass is 304 g/mol. The number of aromatic nitrogens is 4. The van der Waals surface area contributed by atoms with Gasteiger partial charge in [0.2, 0.25) is 11.8 Å². The van der Waals surface area contributed by atoms with Crippen LogP contribution in [0.3, 0.4) is 0 Å². The number of nitrogens with zero attached hydrogens (tertiary/aromatic N) is 4. The maximum absolute atomic E-state index is 5.41. The molecule has 0 saturated heterocycles. The molecule has 4 rings (SSSR count). The third-order valence-electron chi connectivity index (χ3n) is 3.37. The minimum Gasteiger partial charge on any atom is -0.425 e. The van der Waals surface area contributed by atoms with Gasteiger partial charge in [0.15, 0.2) is 0 Å². The van der Waals surface area contributed by atoms with Gasteiger partial charge in [0.1, 0.15) is 16.2 Å². The maximum atomic E-state index is 5.41. The number of fused-ring (bicyclic) bond motifs is 3. The minimum atomic E-state index is 0.602. The summed E-state index contributed by atoms with van der Waals surface area (Å²) in [6.45, 7) is 1.80. The van der Waals surface area contributed by atoms with E-state index in [2.05, 4.69) is 20.2 Å². The second-order valence-corrected chi connectivity index (χ2v) is 6.77. The minimum absolute atomic E-state index is 0.602. The molecular formula is C13H12N4OS2. The Bertz CT molecular complexity index is 780. The van der Waals surface area contributed by atoms with Crippen molar-refractivity contribution in [3.63, 3.8) is 0 Å². The van der Waals surface area contributed by atoms with Crippen LogP contribution in [-0.2, 0) is 18.6 Å². The summed E-state index contributed by atoms with van der Waals surface area (Å²) in [7, 11) is 0. The van der Waals surface area contributed by atoms with E-state index in [9.17, 15) is 0 Å². The van der Waals surface area contributed by atoms with Crippen molar-refractivity contribution < 1.29 is 4.42 Å². The molecule has 0 N–H and O–H groups in total. The quantitative estimate of drug-likeness (QED) is 0.547. The summed E-state index contributed by atoms with van der Waals surface area (Å²) in [5.74, 6) is 1.90. The lowest BCUT2D eigenvalue weighted by atomic mass is 10.2. The van der Waals surface area contributed by atoms with E-state index in [0.717, 1.165) is 16.3 Å². The average Bonchev–Trinajstić information content (AvgIpc) is 3.11. The first kappa shape index (κ1) is 12.3. The van der Waals surface area contributed by atoms with Crippen LogP contribution < -0.4 is 0 Å². The highest BCUT2D eigenvalue weighted by atomic mass is 32.2. The van der Waals surface area contributed by atoms with Gasteiger partial charge in [-0.15, -0.1) is 21.5 Å². The molecule has 1 aliphatic carbocycles. The number of aryl methyl sites for hydroxylation is 3. The summed E-state index contributed by atoms with van der Waals surface area (Å²) in [5.41, 5.74) is 1.45. The van der Waals surface area contributed by atoms with Gasteiger partial charge < -0.3 is 4.42 Å². The summed E-state index contributed by atoms with van der Waals surface area (Å²) in [4.78, 5) is 11.4. The first-order valence-corrected chi connectivity index (χ1v) is 8.28. The van der Waals surface area contributed by atoms with Crippen LogP contribution in [0.4, 0.5) is 0 Å². The summed E-state index contributed by atoms with van der Waals surface area (Å²) >= 11 is 3.46. The van der Waals surface area contributed by atoms with Gasteiger partial charge in [-0.05, 0) is 24.8 Å². The van der Waals surface area contributed by atoms with Gasteiger partial charge in [0.05, 0.1) is 5.75 Å². The molecule has 20 heavy (non-hydrogen) atoms. The second kappa shape index (κ2) is 4.82. The van der Waals surface area contributed by atoms with Crippen LogP contribution >= 0.6 is 23.1 Å². The van der Waals surface area contributed by atoms with Crippen LogP contribution in [0, 0.1) is 6.92 Å². The third kappa shape index (κ3) is 2.01. The molecular weight excluding hydrogens is 292 g/mol. The van der Waals surface area contributed by atoms with Crippen molar-refractivity contribution in [2.24, 2.45) is 0 Å². The molecule has 0 atom stereocenters. The summed E-state index contributed by atoms with van der Waals surface area (Å²) in [6.07, 6.45) is 5.23. The lowest BCUT2D eigenvalue weighted by molar-refractivity contribution is 0.485. The van der Waals surface area contributed by atoms with Crippen molar-refractivity contribution in [1.29, 1.82) is 0 Å². The van der Waals surface area contributed by atoms with Gasteiger partial charge in [0.25, 0.3) is 0 Å². The molecule has 3 aromatic rings. The van der Waals surface area contributed by atoms with Crippen molar-refractivity contribution in [3.05, 3.63) is 28.5 Å². The smallest absolute Gasteiger partial charge is 0.226 e. The molecule has 0 bridgehead atoms. The van der Waals surface area contributed by atoms with Crippen molar-refractivity contribution in [2.45, 2.75) is 37.0 Å². The van der Waals surface area contributed by atoms with Crippen molar-refractivity contribution in [1.82, 2.24) is 20.2 Å². The zero-order valence-corrected chi connectivity index (χ0v) is 12.6. The third-order valence-corrected chi connectivity index (χ3v) is 5.54. The molecule has 0 radical (unpaired) electrons. The Kier molecular flexibility index (Phi) is 2.96. The molecule has 1 aliphatic rings. The number of thiophene rings is 1. The van der Waals surface area contributed by atoms with Crippen LogP contribution in [0.25, 0.3) is 10.2 Å². The lowest BCUT2D eigenvalue weighted by Crippen LogP contribution is -1.88. The molecule has 3 heterocycles. The SMILES string of the molecule is Cc1nnc(CSc2ncnc3sc4c(c23)CCC4)o1. The maximum Gasteiger partial charge on any atom is 0.226 e. The Hall–Kier alpha value is -1.47. The fourth-order valence-electron chi connectivity index (χ4n) is 2.54. The van der Waals surface area contributed by atoms with Crippen molar-refractivity contribution >= 4 is 33.3 Å². The summed E-state index contributed by atoms with van der Waals surface area (Å²) < 4.78 is 5.41. The van der Waals surface area contributed by atoms with Gasteiger partial charge >= 0.3 is 0 Å². The Balaban J connectivity index is 1.69. The first-order chi connectivity index (χ1) is 9.81. The Morgan fingerprint density at radius 3 is 3.10 bits per heavy atom. The Labute approximate surface area is 123 Å². The fourth-order valence-corrected chi connectivity index (χ4v) is 4.69. The number of thioether (sulfide) groups is 1. The van der Waals surface area contributed by atoms with Crippen molar-refractivity contribution in [3.8, 4) is 0 Å². The van der Waals surface area contributed by atoms with Crippen LogP contribution in [0.15, 0.2) is 15.8 Å². The normalized spacial score (nSPS) is 14.1. The predicted octanol–water partition coefficient (Wildman–Crippen LogP) is 3.16. The number of rotatable bonds is 3. The van der Waals surface area contributed by atoms with E-state index in [1.807, 2.05) is 11.3 Å². The zero-order chi connectivity index (χ0) is 13.5. The Morgan fingerprint density at radius 2 is 2.25 bits per heavy atom. The van der Waals surface area contributed by atoms with Gasteiger partial charge in [-0.2, -0.15) is 0 Å². The number of hydrogen-bond acceptors (Lipinski definition) is 7. The molecule has 7 heteroatoms. The van der Waals surface area contributed by atoms with Crippen molar-refractivity contribution in [2.75, 3.05) is 0 Å². The van der Waals surface area contributed by atoms with Crippen LogP contribution in [0.2, 0.25) is 0 Å². The van der Waals surface area contributed by atoms with E-state index in [-0.39, 0.29) is 0 Å². The predicted molar refractivity (Wildman–Crippen MR) is 78.0 cm³/mol. The van der Waals surface area contributed by atoms with E-state index >= 15 is 0 Å². The molecule has 0 aromatic carbocycles. The lowest BCUT2D eigenvalue weighted by Gasteiger charge is -2.01. The highest BCUT2D eigenvalue weighted by Gasteiger charge is 2.21. The highest BCUT2D eigenvalue weighted by Crippen LogP contribution is 2.40. The van der Waals surface area contributed by atoms with Gasteiger partial charge in [-0.3, -0.25) is 0 Å². The van der Waals surface area contributed by atoms with E-state index in [0.29, 0.717) is 17.5 Å². The van der Waals surface area contributed by atoms with Crippen LogP contribution in [-0.4, -0.2) is 20.2 Å². The molecule has 102 valence electrons. The second-order valence-electron chi connectivity index (χ2n) is 4.72. The molecule has 0 amide bonds. The van der Waals surface area contributed by atoms with E-state index in [1.54, 1.807) is 25.0 Å². The number of hydrogen-bond donors (Lipinski definition) is 0. The standard InChI is InChI=1S/C13H12N4OS2/c1-7-16-17-10(18-7)5-19-12-11-8-3-2-4-9(8)20-13(11)15-6-14-12/h6H,2-5H2,1H3. The largest absolute Gasteiger partial charge is 0.425 e. The molecule has 0 aliphatic heterocycles. The fraction of sp³-hybridized carbons (Fsp3) is 0.385. The first-order valence-electron chi connectivity index (χ1n) is 6.48. The van der Waals surface area contributed by atoms with Crippen LogP contribution in [0.5, 0.6) is 0 Å². The van der Waals surface area contributed by atoms with E-state index in [4.69, 9.17) is 4.42 Å². The Morgan fingerprint density at radius 1 is 1.30 bits per heavy atom. The van der Waals surface area contributed by atoms with Gasteiger partial charge in [0, 0.05) is 17.2 Å². The molecule has 0 spiro atoms.